The van der Waals surface area contributed by atoms with Crippen molar-refractivity contribution in [3.05, 3.63) is 47.9 Å². The van der Waals surface area contributed by atoms with Crippen LogP contribution in [0.1, 0.15) is 31.3 Å². The average Bonchev–Trinajstić information content (AvgIpc) is 3.06. The summed E-state index contributed by atoms with van der Waals surface area (Å²) in [7, 11) is 1.38. The van der Waals surface area contributed by atoms with Crippen LogP contribution in [0.5, 0.6) is 0 Å². The number of allylic oxidation sites excluding steroid dienone is 1. The van der Waals surface area contributed by atoms with E-state index in [1.165, 1.54) is 18.2 Å². The van der Waals surface area contributed by atoms with E-state index in [1.807, 2.05) is 0 Å². The lowest BCUT2D eigenvalue weighted by molar-refractivity contribution is -0.182. The normalized spacial score (nSPS) is 13.2. The second-order valence-electron chi connectivity index (χ2n) is 5.07. The first kappa shape index (κ1) is 18.7. The van der Waals surface area contributed by atoms with Gasteiger partial charge in [-0.05, 0) is 19.4 Å². The molecule has 0 radical (unpaired) electrons. The van der Waals surface area contributed by atoms with Gasteiger partial charge in [0.15, 0.2) is 0 Å². The largest absolute Gasteiger partial charge is 0.471 e. The maximum atomic E-state index is 12.5. The highest BCUT2D eigenvalue weighted by Gasteiger charge is 2.38. The molecule has 1 amide bonds. The van der Waals surface area contributed by atoms with E-state index in [-0.39, 0.29) is 11.7 Å². The van der Waals surface area contributed by atoms with Gasteiger partial charge in [-0.15, -0.1) is 0 Å². The van der Waals surface area contributed by atoms with Crippen molar-refractivity contribution in [3.8, 4) is 11.4 Å². The Morgan fingerprint density at radius 1 is 1.32 bits per heavy atom. The summed E-state index contributed by atoms with van der Waals surface area (Å²) in [4.78, 5) is 20.4. The zero-order valence-electron chi connectivity index (χ0n) is 13.7. The minimum atomic E-state index is -4.69. The molecule has 1 aromatic heterocycles. The monoisotopic (exact) mass is 355 g/mol. The Bertz CT molecular complexity index is 754. The maximum Gasteiger partial charge on any atom is 0.471 e. The molecule has 1 heterocycles. The molecule has 0 fully saturated rings. The molecule has 0 saturated carbocycles. The minimum Gasteiger partial charge on any atom is -0.329 e. The van der Waals surface area contributed by atoms with E-state index in [1.54, 1.807) is 44.2 Å². The third-order valence-electron chi connectivity index (χ3n) is 3.39. The van der Waals surface area contributed by atoms with Crippen LogP contribution in [-0.4, -0.2) is 28.2 Å². The van der Waals surface area contributed by atoms with Crippen LogP contribution in [0.3, 0.4) is 0 Å². The first-order valence-electron chi connectivity index (χ1n) is 7.29. The lowest BCUT2D eigenvalue weighted by Gasteiger charge is -2.25. The van der Waals surface area contributed by atoms with Crippen molar-refractivity contribution < 1.29 is 27.3 Å². The highest BCUT2D eigenvalue weighted by atomic mass is 19.4. The van der Waals surface area contributed by atoms with Gasteiger partial charge in [-0.2, -0.15) is 18.2 Å². The first-order valence-corrected chi connectivity index (χ1v) is 7.29. The second kappa shape index (κ2) is 7.47. The van der Waals surface area contributed by atoms with Gasteiger partial charge in [0.1, 0.15) is 0 Å². The Morgan fingerprint density at radius 2 is 1.96 bits per heavy atom. The maximum absolute atomic E-state index is 12.5. The van der Waals surface area contributed by atoms with Gasteiger partial charge < -0.3 is 4.52 Å². The van der Waals surface area contributed by atoms with Crippen LogP contribution in [0.2, 0.25) is 0 Å². The molecular weight excluding hydrogens is 339 g/mol. The number of carbonyl (C=O) groups excluding carboxylic acids is 1. The fraction of sp³-hybridized carbons (Fsp3) is 0.312. The third kappa shape index (κ3) is 4.24. The SMILES string of the molecule is CC=CC(=O)N(OC)C(C)c1ccc(-c2noc(C(F)(F)F)n2)cc1. The van der Waals surface area contributed by atoms with E-state index < -0.39 is 18.1 Å². The Labute approximate surface area is 141 Å². The number of benzene rings is 1. The van der Waals surface area contributed by atoms with Crippen molar-refractivity contribution in [2.75, 3.05) is 7.11 Å². The van der Waals surface area contributed by atoms with Gasteiger partial charge in [0.25, 0.3) is 5.91 Å². The molecule has 1 aromatic carbocycles. The fourth-order valence-electron chi connectivity index (χ4n) is 2.16. The van der Waals surface area contributed by atoms with Crippen LogP contribution in [0, 0.1) is 0 Å². The van der Waals surface area contributed by atoms with Crippen LogP contribution in [-0.2, 0) is 15.8 Å². The first-order chi connectivity index (χ1) is 11.8. The summed E-state index contributed by atoms with van der Waals surface area (Å²) in [6, 6.07) is 5.99. The molecule has 2 rings (SSSR count). The lowest BCUT2D eigenvalue weighted by Crippen LogP contribution is -2.31. The standard InChI is InChI=1S/C16H16F3N3O3/c1-4-5-13(23)22(24-3)10(2)11-6-8-12(9-7-11)14-20-15(25-21-14)16(17,18)19/h4-10H,1-3H3. The predicted molar refractivity (Wildman–Crippen MR) is 81.8 cm³/mol. The summed E-state index contributed by atoms with van der Waals surface area (Å²) in [6.45, 7) is 3.47. The van der Waals surface area contributed by atoms with Crippen molar-refractivity contribution in [2.24, 2.45) is 0 Å². The number of hydroxylamine groups is 2. The Morgan fingerprint density at radius 3 is 2.44 bits per heavy atom. The van der Waals surface area contributed by atoms with Crippen molar-refractivity contribution in [1.29, 1.82) is 0 Å². The number of nitrogens with zero attached hydrogens (tertiary/aromatic N) is 3. The zero-order chi connectivity index (χ0) is 18.6. The van der Waals surface area contributed by atoms with E-state index in [9.17, 15) is 18.0 Å². The molecule has 0 spiro atoms. The number of aromatic nitrogens is 2. The summed E-state index contributed by atoms with van der Waals surface area (Å²) in [6.07, 6.45) is -1.73. The quantitative estimate of drug-likeness (QED) is 0.603. The third-order valence-corrected chi connectivity index (χ3v) is 3.39. The van der Waals surface area contributed by atoms with Gasteiger partial charge >= 0.3 is 12.1 Å². The van der Waals surface area contributed by atoms with Crippen LogP contribution in [0.4, 0.5) is 13.2 Å². The predicted octanol–water partition coefficient (Wildman–Crippen LogP) is 3.78. The smallest absolute Gasteiger partial charge is 0.329 e. The molecule has 0 N–H and O–H groups in total. The molecule has 25 heavy (non-hydrogen) atoms. The molecule has 1 unspecified atom stereocenters. The highest BCUT2D eigenvalue weighted by molar-refractivity contribution is 5.87. The topological polar surface area (TPSA) is 68.5 Å². The van der Waals surface area contributed by atoms with Crippen molar-refractivity contribution >= 4 is 5.91 Å². The van der Waals surface area contributed by atoms with E-state index in [0.717, 1.165) is 5.56 Å². The van der Waals surface area contributed by atoms with Gasteiger partial charge in [0.2, 0.25) is 5.82 Å². The molecule has 0 aliphatic carbocycles. The van der Waals surface area contributed by atoms with E-state index in [2.05, 4.69) is 14.7 Å². The molecule has 0 aliphatic rings. The zero-order valence-corrected chi connectivity index (χ0v) is 13.7. The Kier molecular flexibility index (Phi) is 5.58. The number of amides is 1. The number of hydrogen-bond acceptors (Lipinski definition) is 5. The summed E-state index contributed by atoms with van der Waals surface area (Å²) >= 11 is 0. The number of halogens is 3. The number of alkyl halides is 3. The Hall–Kier alpha value is -2.68. The summed E-state index contributed by atoms with van der Waals surface area (Å²) in [5.74, 6) is -1.89. The summed E-state index contributed by atoms with van der Waals surface area (Å²) in [5, 5.41) is 4.51. The molecule has 6 nitrogen and oxygen atoms in total. The molecule has 134 valence electrons. The van der Waals surface area contributed by atoms with E-state index in [0.29, 0.717) is 5.56 Å². The van der Waals surface area contributed by atoms with Crippen LogP contribution in [0.15, 0.2) is 40.9 Å². The van der Waals surface area contributed by atoms with Crippen molar-refractivity contribution in [2.45, 2.75) is 26.1 Å². The minimum absolute atomic E-state index is 0.167. The Balaban J connectivity index is 2.21. The highest BCUT2D eigenvalue weighted by Crippen LogP contribution is 2.30. The molecule has 0 saturated heterocycles. The number of rotatable bonds is 5. The average molecular weight is 355 g/mol. The summed E-state index contributed by atoms with van der Waals surface area (Å²) < 4.78 is 41.7. The fourth-order valence-corrected chi connectivity index (χ4v) is 2.16. The summed E-state index contributed by atoms with van der Waals surface area (Å²) in [5.41, 5.74) is 1.09. The van der Waals surface area contributed by atoms with E-state index >= 15 is 0 Å². The van der Waals surface area contributed by atoms with Crippen molar-refractivity contribution in [1.82, 2.24) is 15.2 Å². The number of carbonyl (C=O) groups is 1. The number of hydrogen-bond donors (Lipinski definition) is 0. The second-order valence-corrected chi connectivity index (χ2v) is 5.07. The van der Waals surface area contributed by atoms with Crippen LogP contribution in [0.25, 0.3) is 11.4 Å². The molecular formula is C16H16F3N3O3. The van der Waals surface area contributed by atoms with E-state index in [4.69, 9.17) is 4.84 Å². The molecule has 1 atom stereocenters. The molecule has 0 bridgehead atoms. The van der Waals surface area contributed by atoms with Gasteiger partial charge in [-0.25, -0.2) is 5.06 Å². The molecule has 0 aliphatic heterocycles. The van der Waals surface area contributed by atoms with Gasteiger partial charge in [0.05, 0.1) is 13.2 Å². The van der Waals surface area contributed by atoms with Crippen LogP contribution >= 0.6 is 0 Å². The van der Waals surface area contributed by atoms with Gasteiger partial charge in [0, 0.05) is 11.6 Å². The van der Waals surface area contributed by atoms with Gasteiger partial charge in [-0.1, -0.05) is 35.5 Å². The molecule has 2 aromatic rings. The lowest BCUT2D eigenvalue weighted by atomic mass is 10.1. The van der Waals surface area contributed by atoms with Gasteiger partial charge in [-0.3, -0.25) is 9.63 Å². The van der Waals surface area contributed by atoms with Crippen molar-refractivity contribution in [3.63, 3.8) is 0 Å². The molecule has 9 heteroatoms. The van der Waals surface area contributed by atoms with Crippen LogP contribution < -0.4 is 0 Å².